The van der Waals surface area contributed by atoms with Crippen LogP contribution in [-0.4, -0.2) is 26.4 Å². The minimum Gasteiger partial charge on any atom is -0.486 e. The highest BCUT2D eigenvalue weighted by Gasteiger charge is 2.21. The minimum absolute atomic E-state index is 0.0248. The van der Waals surface area contributed by atoms with Crippen LogP contribution >= 0.6 is 11.6 Å². The molecule has 0 saturated carbocycles. The molecule has 1 saturated heterocycles. The van der Waals surface area contributed by atoms with Crippen molar-refractivity contribution in [2.24, 2.45) is 0 Å². The Hall–Kier alpha value is -2.25. The molecule has 1 fully saturated rings. The molecule has 3 aromatic rings. The summed E-state index contributed by atoms with van der Waals surface area (Å²) in [5.74, 6) is -0.0486. The zero-order valence-corrected chi connectivity index (χ0v) is 15.0. The first-order valence-corrected chi connectivity index (χ1v) is 8.89. The molecule has 4 heterocycles. The van der Waals surface area contributed by atoms with E-state index in [-0.39, 0.29) is 23.6 Å². The Morgan fingerprint density at radius 1 is 1.38 bits per heavy atom. The quantitative estimate of drug-likeness (QED) is 0.682. The van der Waals surface area contributed by atoms with E-state index in [2.05, 4.69) is 15.1 Å². The minimum atomic E-state index is -0.568. The summed E-state index contributed by atoms with van der Waals surface area (Å²) >= 11 is 5.77. The Morgan fingerprint density at radius 3 is 3.08 bits per heavy atom. The van der Waals surface area contributed by atoms with Gasteiger partial charge < -0.3 is 9.47 Å². The molecule has 1 unspecified atom stereocenters. The van der Waals surface area contributed by atoms with E-state index in [1.807, 2.05) is 17.7 Å². The van der Waals surface area contributed by atoms with Crippen LogP contribution < -0.4 is 4.74 Å². The number of halogens is 2. The number of hydrogen-bond acceptors (Lipinski definition) is 5. The molecule has 0 amide bonds. The number of aryl methyl sites for hydroxylation is 1. The molecule has 8 heteroatoms. The molecule has 0 bridgehead atoms. The molecule has 136 valence electrons. The Morgan fingerprint density at radius 2 is 2.27 bits per heavy atom. The molecule has 0 N–H and O–H groups in total. The number of pyridine rings is 2. The average molecular weight is 377 g/mol. The Balaban J connectivity index is 1.58. The van der Waals surface area contributed by atoms with Gasteiger partial charge in [-0.15, -0.1) is 0 Å². The maximum Gasteiger partial charge on any atom is 0.166 e. The molecule has 0 spiro atoms. The molecule has 6 nitrogen and oxygen atoms in total. The first kappa shape index (κ1) is 17.2. The van der Waals surface area contributed by atoms with Gasteiger partial charge in [0, 0.05) is 18.2 Å². The highest BCUT2D eigenvalue weighted by Crippen LogP contribution is 2.29. The largest absolute Gasteiger partial charge is 0.486 e. The Labute approximate surface area is 154 Å². The summed E-state index contributed by atoms with van der Waals surface area (Å²) in [4.78, 5) is 8.45. The lowest BCUT2D eigenvalue weighted by Gasteiger charge is -2.23. The summed E-state index contributed by atoms with van der Waals surface area (Å²) in [5.41, 5.74) is 1.76. The number of aromatic nitrogens is 4. The molecule has 0 aliphatic carbocycles. The van der Waals surface area contributed by atoms with E-state index in [1.54, 1.807) is 6.20 Å². The predicted octanol–water partition coefficient (Wildman–Crippen LogP) is 4.21. The maximum absolute atomic E-state index is 13.9. The van der Waals surface area contributed by atoms with Crippen molar-refractivity contribution in [3.8, 4) is 5.75 Å². The average Bonchev–Trinajstić information content (AvgIpc) is 3.00. The summed E-state index contributed by atoms with van der Waals surface area (Å²) in [6.45, 7) is 2.63. The predicted molar refractivity (Wildman–Crippen MR) is 94.6 cm³/mol. The highest BCUT2D eigenvalue weighted by atomic mass is 35.5. The molecule has 4 rings (SSSR count). The topological polar surface area (TPSA) is 62.1 Å². The Kier molecular flexibility index (Phi) is 4.74. The highest BCUT2D eigenvalue weighted by molar-refractivity contribution is 6.30. The van der Waals surface area contributed by atoms with Crippen molar-refractivity contribution in [1.82, 2.24) is 19.7 Å². The third-order valence-electron chi connectivity index (χ3n) is 4.42. The summed E-state index contributed by atoms with van der Waals surface area (Å²) in [6, 6.07) is 3.26. The molecule has 0 radical (unpaired) electrons. The molecule has 1 atom stereocenters. The second-order valence-electron chi connectivity index (χ2n) is 6.24. The standard InChI is InChI=1S/C18H18ClFN4O2/c1-11-13-8-12(26-10-15-17(20)14(19)5-6-21-15)9-22-18(13)24(23-11)16-4-2-3-7-25-16/h5-6,8-9,16H,2-4,7,10H2,1H3. The van der Waals surface area contributed by atoms with Crippen LogP contribution in [0.5, 0.6) is 5.75 Å². The van der Waals surface area contributed by atoms with E-state index in [9.17, 15) is 4.39 Å². The van der Waals surface area contributed by atoms with E-state index < -0.39 is 5.82 Å². The lowest BCUT2D eigenvalue weighted by Crippen LogP contribution is -2.19. The van der Waals surface area contributed by atoms with Gasteiger partial charge in [-0.05, 0) is 38.3 Å². The summed E-state index contributed by atoms with van der Waals surface area (Å²) in [6.07, 6.45) is 6.09. The first-order valence-electron chi connectivity index (χ1n) is 8.51. The van der Waals surface area contributed by atoms with E-state index in [0.29, 0.717) is 5.75 Å². The van der Waals surface area contributed by atoms with Crippen molar-refractivity contribution in [2.45, 2.75) is 39.0 Å². The third-order valence-corrected chi connectivity index (χ3v) is 4.72. The van der Waals surface area contributed by atoms with Gasteiger partial charge in [-0.25, -0.2) is 14.1 Å². The normalized spacial score (nSPS) is 17.6. The number of fused-ring (bicyclic) bond motifs is 1. The van der Waals surface area contributed by atoms with Gasteiger partial charge in [0.2, 0.25) is 0 Å². The van der Waals surface area contributed by atoms with Gasteiger partial charge in [0.25, 0.3) is 0 Å². The van der Waals surface area contributed by atoms with Crippen molar-refractivity contribution in [1.29, 1.82) is 0 Å². The van der Waals surface area contributed by atoms with E-state index >= 15 is 0 Å². The van der Waals surface area contributed by atoms with Crippen LogP contribution in [0.1, 0.15) is 36.9 Å². The van der Waals surface area contributed by atoms with Crippen LogP contribution in [0.3, 0.4) is 0 Å². The Bertz CT molecular complexity index is 940. The molecule has 0 aromatic carbocycles. The van der Waals surface area contributed by atoms with E-state index in [0.717, 1.165) is 42.6 Å². The van der Waals surface area contributed by atoms with E-state index in [4.69, 9.17) is 21.1 Å². The summed E-state index contributed by atoms with van der Waals surface area (Å²) in [5, 5.41) is 5.49. The van der Waals surface area contributed by atoms with Crippen LogP contribution in [0.2, 0.25) is 5.02 Å². The molecule has 26 heavy (non-hydrogen) atoms. The maximum atomic E-state index is 13.9. The van der Waals surface area contributed by atoms with Crippen LogP contribution in [0, 0.1) is 12.7 Å². The van der Waals surface area contributed by atoms with Crippen LogP contribution in [0.4, 0.5) is 4.39 Å². The SMILES string of the molecule is Cc1nn(C2CCCCO2)c2ncc(OCc3nccc(Cl)c3F)cc12. The molecule has 1 aliphatic rings. The molecular weight excluding hydrogens is 359 g/mol. The van der Waals surface area contributed by atoms with Crippen molar-refractivity contribution in [2.75, 3.05) is 6.61 Å². The van der Waals surface area contributed by atoms with E-state index in [1.165, 1.54) is 12.3 Å². The second-order valence-corrected chi connectivity index (χ2v) is 6.64. The number of nitrogens with zero attached hydrogens (tertiary/aromatic N) is 4. The van der Waals surface area contributed by atoms with Crippen molar-refractivity contribution < 1.29 is 13.9 Å². The van der Waals surface area contributed by atoms with Gasteiger partial charge in [0.05, 0.1) is 16.9 Å². The summed E-state index contributed by atoms with van der Waals surface area (Å²) < 4.78 is 27.2. The van der Waals surface area contributed by atoms with Crippen LogP contribution in [-0.2, 0) is 11.3 Å². The van der Waals surface area contributed by atoms with Gasteiger partial charge in [0.15, 0.2) is 17.7 Å². The smallest absolute Gasteiger partial charge is 0.166 e. The number of ether oxygens (including phenoxy) is 2. The monoisotopic (exact) mass is 376 g/mol. The van der Waals surface area contributed by atoms with Crippen molar-refractivity contribution in [3.63, 3.8) is 0 Å². The molecule has 3 aromatic heterocycles. The number of hydrogen-bond donors (Lipinski definition) is 0. The van der Waals surface area contributed by atoms with Crippen LogP contribution in [0.15, 0.2) is 24.5 Å². The zero-order chi connectivity index (χ0) is 18.1. The first-order chi connectivity index (χ1) is 12.6. The summed E-state index contributed by atoms with van der Waals surface area (Å²) in [7, 11) is 0. The number of rotatable bonds is 4. The van der Waals surface area contributed by atoms with Gasteiger partial charge in [-0.2, -0.15) is 5.10 Å². The molecule has 1 aliphatic heterocycles. The lowest BCUT2D eigenvalue weighted by atomic mass is 10.2. The third kappa shape index (κ3) is 3.24. The lowest BCUT2D eigenvalue weighted by molar-refractivity contribution is -0.0371. The zero-order valence-electron chi connectivity index (χ0n) is 14.3. The fraction of sp³-hybridized carbons (Fsp3) is 0.389. The fourth-order valence-electron chi connectivity index (χ4n) is 3.06. The van der Waals surface area contributed by atoms with Crippen molar-refractivity contribution in [3.05, 3.63) is 46.8 Å². The van der Waals surface area contributed by atoms with Crippen LogP contribution in [0.25, 0.3) is 11.0 Å². The van der Waals surface area contributed by atoms with Gasteiger partial charge in [-0.3, -0.25) is 4.98 Å². The van der Waals surface area contributed by atoms with Gasteiger partial charge in [-0.1, -0.05) is 11.6 Å². The fourth-order valence-corrected chi connectivity index (χ4v) is 3.22. The second kappa shape index (κ2) is 7.17. The molecular formula is C18H18ClFN4O2. The van der Waals surface area contributed by atoms with Gasteiger partial charge >= 0.3 is 0 Å². The van der Waals surface area contributed by atoms with Crippen molar-refractivity contribution >= 4 is 22.6 Å². The van der Waals surface area contributed by atoms with Gasteiger partial charge in [0.1, 0.15) is 18.1 Å².